The van der Waals surface area contributed by atoms with E-state index < -0.39 is 0 Å². The Kier molecular flexibility index (Phi) is 9.45. The molecule has 0 aliphatic heterocycles. The third-order valence-corrected chi connectivity index (χ3v) is 4.90. The first-order valence-corrected chi connectivity index (χ1v) is 7.85. The van der Waals surface area contributed by atoms with E-state index >= 15 is 0 Å². The summed E-state index contributed by atoms with van der Waals surface area (Å²) in [5.74, 6) is 0.446. The van der Waals surface area contributed by atoms with Gasteiger partial charge in [-0.25, -0.2) is 4.98 Å². The van der Waals surface area contributed by atoms with Gasteiger partial charge in [-0.1, -0.05) is 12.8 Å². The average Bonchev–Trinajstić information content (AvgIpc) is 2.79. The zero-order chi connectivity index (χ0) is 13.8. The van der Waals surface area contributed by atoms with E-state index in [1.54, 1.807) is 11.3 Å². The Morgan fingerprint density at radius 1 is 1.48 bits per heavy atom. The van der Waals surface area contributed by atoms with E-state index in [1.807, 2.05) is 20.0 Å². The zero-order valence-electron chi connectivity index (χ0n) is 12.5. The smallest absolute Gasteiger partial charge is 0.220 e. The van der Waals surface area contributed by atoms with Crippen molar-refractivity contribution in [3.05, 3.63) is 16.1 Å². The third kappa shape index (κ3) is 6.10. The van der Waals surface area contributed by atoms with Gasteiger partial charge >= 0.3 is 0 Å². The van der Waals surface area contributed by atoms with Gasteiger partial charge in [0.05, 0.1) is 6.04 Å². The molecule has 0 aromatic carbocycles. The van der Waals surface area contributed by atoms with E-state index in [1.165, 1.54) is 17.7 Å². The summed E-state index contributed by atoms with van der Waals surface area (Å²) < 4.78 is 0. The number of aromatic nitrogens is 1. The minimum absolute atomic E-state index is 0. The van der Waals surface area contributed by atoms with Crippen molar-refractivity contribution in [2.24, 2.45) is 11.7 Å². The molecule has 1 aliphatic carbocycles. The van der Waals surface area contributed by atoms with Crippen molar-refractivity contribution in [1.82, 2.24) is 10.3 Å². The van der Waals surface area contributed by atoms with Gasteiger partial charge in [0, 0.05) is 23.5 Å². The van der Waals surface area contributed by atoms with Crippen molar-refractivity contribution in [2.75, 3.05) is 0 Å². The fourth-order valence-corrected chi connectivity index (χ4v) is 3.44. The molecule has 0 saturated heterocycles. The zero-order valence-corrected chi connectivity index (χ0v) is 15.0. The summed E-state index contributed by atoms with van der Waals surface area (Å²) in [7, 11) is 0. The van der Waals surface area contributed by atoms with Crippen molar-refractivity contribution >= 4 is 42.1 Å². The van der Waals surface area contributed by atoms with Crippen LogP contribution in [0.3, 0.4) is 0 Å². The highest BCUT2D eigenvalue weighted by Crippen LogP contribution is 2.26. The second kappa shape index (κ2) is 9.62. The summed E-state index contributed by atoms with van der Waals surface area (Å²) in [6.07, 6.45) is 6.94. The Balaban J connectivity index is 0.00000200. The van der Waals surface area contributed by atoms with Crippen molar-refractivity contribution in [1.29, 1.82) is 0 Å². The maximum atomic E-state index is 12.1. The summed E-state index contributed by atoms with van der Waals surface area (Å²) in [5.41, 5.74) is 6.08. The molecule has 1 heterocycles. The molecule has 21 heavy (non-hydrogen) atoms. The van der Waals surface area contributed by atoms with Crippen molar-refractivity contribution in [2.45, 2.75) is 58.0 Å². The second-order valence-corrected chi connectivity index (χ2v) is 6.78. The van der Waals surface area contributed by atoms with Gasteiger partial charge in [-0.15, -0.1) is 36.2 Å². The highest BCUT2D eigenvalue weighted by atomic mass is 35.5. The van der Waals surface area contributed by atoms with E-state index in [4.69, 9.17) is 5.73 Å². The molecule has 1 saturated carbocycles. The standard InChI is InChI=1S/C14H23N3OS.2ClH/c1-9-8-16-14(19-9)10(2)17-13(18)7-11-5-3-4-6-12(11)15;;/h8,10-12H,3-7,15H2,1-2H3,(H,17,18);2*1H. The van der Waals surface area contributed by atoms with Crippen LogP contribution in [0.25, 0.3) is 0 Å². The van der Waals surface area contributed by atoms with Crippen molar-refractivity contribution in [3.8, 4) is 0 Å². The molecular weight excluding hydrogens is 329 g/mol. The molecule has 1 fully saturated rings. The summed E-state index contributed by atoms with van der Waals surface area (Å²) in [4.78, 5) is 17.5. The normalized spacial score (nSPS) is 22.6. The molecule has 3 N–H and O–H groups in total. The Bertz CT molecular complexity index is 442. The van der Waals surface area contributed by atoms with E-state index in [0.717, 1.165) is 17.8 Å². The number of thiazole rings is 1. The Labute approximate surface area is 143 Å². The average molecular weight is 354 g/mol. The van der Waals surface area contributed by atoms with Gasteiger partial charge < -0.3 is 11.1 Å². The van der Waals surface area contributed by atoms with Crippen LogP contribution in [0.1, 0.15) is 55.0 Å². The molecule has 2 rings (SSSR count). The maximum Gasteiger partial charge on any atom is 0.220 e. The van der Waals surface area contributed by atoms with Crippen LogP contribution >= 0.6 is 36.2 Å². The lowest BCUT2D eigenvalue weighted by Crippen LogP contribution is -2.37. The van der Waals surface area contributed by atoms with E-state index in [9.17, 15) is 4.79 Å². The van der Waals surface area contributed by atoms with Crippen LogP contribution in [-0.2, 0) is 4.79 Å². The Hall–Kier alpha value is -0.360. The number of hydrogen-bond donors (Lipinski definition) is 2. The van der Waals surface area contributed by atoms with Gasteiger partial charge in [-0.3, -0.25) is 4.79 Å². The minimum atomic E-state index is -0.00832. The van der Waals surface area contributed by atoms with Gasteiger partial charge in [0.15, 0.2) is 0 Å². The molecule has 7 heteroatoms. The van der Waals surface area contributed by atoms with Crippen LogP contribution in [0.5, 0.6) is 0 Å². The minimum Gasteiger partial charge on any atom is -0.347 e. The number of rotatable bonds is 4. The quantitative estimate of drug-likeness (QED) is 0.871. The van der Waals surface area contributed by atoms with E-state index in [0.29, 0.717) is 12.3 Å². The van der Waals surface area contributed by atoms with Crippen LogP contribution in [0.15, 0.2) is 6.20 Å². The molecule has 122 valence electrons. The lowest BCUT2D eigenvalue weighted by atomic mass is 9.83. The van der Waals surface area contributed by atoms with E-state index in [-0.39, 0.29) is 42.8 Å². The number of nitrogens with two attached hydrogens (primary N) is 1. The summed E-state index contributed by atoms with van der Waals surface area (Å²) in [6, 6.07) is 0.183. The molecular formula is C14H25Cl2N3OS. The largest absolute Gasteiger partial charge is 0.347 e. The first kappa shape index (κ1) is 20.6. The molecule has 0 radical (unpaired) electrons. The summed E-state index contributed by atoms with van der Waals surface area (Å²) in [5, 5.41) is 4.00. The van der Waals surface area contributed by atoms with Gasteiger partial charge in [-0.05, 0) is 32.6 Å². The van der Waals surface area contributed by atoms with E-state index in [2.05, 4.69) is 10.3 Å². The Morgan fingerprint density at radius 2 is 2.14 bits per heavy atom. The molecule has 1 aliphatic rings. The van der Waals surface area contributed by atoms with Gasteiger partial charge in [0.25, 0.3) is 0 Å². The van der Waals surface area contributed by atoms with Gasteiger partial charge in [0.2, 0.25) is 5.91 Å². The highest BCUT2D eigenvalue weighted by molar-refractivity contribution is 7.11. The predicted molar refractivity (Wildman–Crippen MR) is 92.5 cm³/mol. The predicted octanol–water partition coefficient (Wildman–Crippen LogP) is 3.38. The molecule has 0 bridgehead atoms. The van der Waals surface area contributed by atoms with Crippen LogP contribution in [0.2, 0.25) is 0 Å². The fourth-order valence-electron chi connectivity index (χ4n) is 2.66. The number of nitrogens with zero attached hydrogens (tertiary/aromatic N) is 1. The van der Waals surface area contributed by atoms with Crippen molar-refractivity contribution < 1.29 is 4.79 Å². The van der Waals surface area contributed by atoms with Crippen LogP contribution in [-0.4, -0.2) is 16.9 Å². The molecule has 3 unspecified atom stereocenters. The molecule has 4 nitrogen and oxygen atoms in total. The fraction of sp³-hybridized carbons (Fsp3) is 0.714. The molecule has 1 aromatic heterocycles. The lowest BCUT2D eigenvalue weighted by molar-refractivity contribution is -0.123. The first-order valence-electron chi connectivity index (χ1n) is 7.03. The molecule has 3 atom stereocenters. The van der Waals surface area contributed by atoms with Crippen LogP contribution in [0, 0.1) is 12.8 Å². The highest BCUT2D eigenvalue weighted by Gasteiger charge is 2.25. The molecule has 1 aromatic rings. The summed E-state index contributed by atoms with van der Waals surface area (Å²) in [6.45, 7) is 4.01. The Morgan fingerprint density at radius 3 is 2.71 bits per heavy atom. The number of amides is 1. The third-order valence-electron chi connectivity index (χ3n) is 3.80. The monoisotopic (exact) mass is 353 g/mol. The van der Waals surface area contributed by atoms with Gasteiger partial charge in [-0.2, -0.15) is 0 Å². The second-order valence-electron chi connectivity index (χ2n) is 5.51. The van der Waals surface area contributed by atoms with Gasteiger partial charge in [0.1, 0.15) is 5.01 Å². The SMILES string of the molecule is Cc1cnc(C(C)NC(=O)CC2CCCCC2N)s1.Cl.Cl. The number of carbonyl (C=O) groups is 1. The maximum absolute atomic E-state index is 12.1. The number of carbonyl (C=O) groups excluding carboxylic acids is 1. The molecule has 1 amide bonds. The number of halogens is 2. The topological polar surface area (TPSA) is 68.0 Å². The lowest BCUT2D eigenvalue weighted by Gasteiger charge is -2.28. The van der Waals surface area contributed by atoms with Crippen LogP contribution in [0.4, 0.5) is 0 Å². The molecule has 0 spiro atoms. The number of hydrogen-bond acceptors (Lipinski definition) is 4. The summed E-state index contributed by atoms with van der Waals surface area (Å²) >= 11 is 1.63. The van der Waals surface area contributed by atoms with Crippen molar-refractivity contribution in [3.63, 3.8) is 0 Å². The van der Waals surface area contributed by atoms with Crippen LogP contribution < -0.4 is 11.1 Å². The number of aryl methyl sites for hydroxylation is 1. The number of nitrogens with one attached hydrogen (secondary N) is 1. The first-order chi connectivity index (χ1) is 9.06.